The number of hydrogen-bond donors (Lipinski definition) is 0. The van der Waals surface area contributed by atoms with E-state index >= 15 is 0 Å². The minimum Gasteiger partial charge on any atom is -0.468 e. The smallest absolute Gasteiger partial charge is 0.117 e. The van der Waals surface area contributed by atoms with Gasteiger partial charge in [0, 0.05) is 6.54 Å². The molecule has 0 unspecified atom stereocenters. The molecule has 0 saturated heterocycles. The third-order valence-electron chi connectivity index (χ3n) is 2.05. The molecule has 0 radical (unpaired) electrons. The SMILES string of the molecule is C=CC=C(C=C)CN(C)Cc1ccco1. The van der Waals surface area contributed by atoms with Gasteiger partial charge in [-0.3, -0.25) is 4.90 Å². The summed E-state index contributed by atoms with van der Waals surface area (Å²) >= 11 is 0. The number of rotatable bonds is 6. The van der Waals surface area contributed by atoms with E-state index in [4.69, 9.17) is 4.42 Å². The van der Waals surface area contributed by atoms with E-state index in [1.54, 1.807) is 12.3 Å². The lowest BCUT2D eigenvalue weighted by molar-refractivity contribution is 0.318. The first-order chi connectivity index (χ1) is 7.26. The highest BCUT2D eigenvalue weighted by molar-refractivity contribution is 5.22. The first-order valence-electron chi connectivity index (χ1n) is 4.91. The van der Waals surface area contributed by atoms with E-state index < -0.39 is 0 Å². The quantitative estimate of drug-likeness (QED) is 0.661. The first-order valence-corrected chi connectivity index (χ1v) is 4.91. The summed E-state index contributed by atoms with van der Waals surface area (Å²) < 4.78 is 5.27. The highest BCUT2D eigenvalue weighted by Crippen LogP contribution is 2.06. The lowest BCUT2D eigenvalue weighted by Crippen LogP contribution is -2.19. The van der Waals surface area contributed by atoms with E-state index in [0.717, 1.165) is 24.4 Å². The molecule has 0 atom stereocenters. The van der Waals surface area contributed by atoms with Gasteiger partial charge < -0.3 is 4.42 Å². The fourth-order valence-corrected chi connectivity index (χ4v) is 1.37. The van der Waals surface area contributed by atoms with Crippen LogP contribution in [0, 0.1) is 0 Å². The molecule has 0 aromatic carbocycles. The standard InChI is InChI=1S/C13H17NO/c1-4-7-12(5-2)10-14(3)11-13-8-6-9-15-13/h4-9H,1-2,10-11H2,3H3. The van der Waals surface area contributed by atoms with Crippen LogP contribution in [0.3, 0.4) is 0 Å². The van der Waals surface area contributed by atoms with E-state index in [2.05, 4.69) is 18.1 Å². The predicted octanol–water partition coefficient (Wildman–Crippen LogP) is 3.01. The molecule has 0 amide bonds. The Morgan fingerprint density at radius 3 is 2.87 bits per heavy atom. The van der Waals surface area contributed by atoms with Crippen LogP contribution in [0.15, 0.2) is 59.8 Å². The number of hydrogen-bond acceptors (Lipinski definition) is 2. The molecule has 1 rings (SSSR count). The van der Waals surface area contributed by atoms with Gasteiger partial charge >= 0.3 is 0 Å². The van der Waals surface area contributed by atoms with Crippen molar-refractivity contribution in [3.63, 3.8) is 0 Å². The largest absolute Gasteiger partial charge is 0.468 e. The molecule has 0 bridgehead atoms. The van der Waals surface area contributed by atoms with Crippen molar-refractivity contribution in [1.82, 2.24) is 4.90 Å². The maximum atomic E-state index is 5.27. The van der Waals surface area contributed by atoms with Crippen LogP contribution in [0.1, 0.15) is 5.76 Å². The van der Waals surface area contributed by atoms with Crippen molar-refractivity contribution in [3.8, 4) is 0 Å². The molecule has 1 heterocycles. The normalized spacial score (nSPS) is 11.7. The fraction of sp³-hybridized carbons (Fsp3) is 0.231. The van der Waals surface area contributed by atoms with E-state index in [0.29, 0.717) is 0 Å². The van der Waals surface area contributed by atoms with Crippen molar-refractivity contribution in [2.45, 2.75) is 6.54 Å². The maximum absolute atomic E-state index is 5.27. The van der Waals surface area contributed by atoms with Crippen LogP contribution in [0.2, 0.25) is 0 Å². The van der Waals surface area contributed by atoms with Gasteiger partial charge in [0.25, 0.3) is 0 Å². The highest BCUT2D eigenvalue weighted by Gasteiger charge is 2.03. The first kappa shape index (κ1) is 11.5. The van der Waals surface area contributed by atoms with Crippen molar-refractivity contribution in [3.05, 3.63) is 61.1 Å². The van der Waals surface area contributed by atoms with Gasteiger partial charge in [0.1, 0.15) is 5.76 Å². The van der Waals surface area contributed by atoms with Gasteiger partial charge in [0.2, 0.25) is 0 Å². The van der Waals surface area contributed by atoms with E-state index in [-0.39, 0.29) is 0 Å². The molecule has 0 aliphatic carbocycles. The average molecular weight is 203 g/mol. The van der Waals surface area contributed by atoms with Gasteiger partial charge in [0.05, 0.1) is 12.8 Å². The van der Waals surface area contributed by atoms with Gasteiger partial charge in [-0.2, -0.15) is 0 Å². The maximum Gasteiger partial charge on any atom is 0.117 e. The lowest BCUT2D eigenvalue weighted by Gasteiger charge is -2.15. The lowest BCUT2D eigenvalue weighted by atomic mass is 10.2. The van der Waals surface area contributed by atoms with Crippen molar-refractivity contribution in [2.75, 3.05) is 13.6 Å². The summed E-state index contributed by atoms with van der Waals surface area (Å²) in [5, 5.41) is 0. The van der Waals surface area contributed by atoms with Crippen molar-refractivity contribution < 1.29 is 4.42 Å². The van der Waals surface area contributed by atoms with Gasteiger partial charge in [-0.25, -0.2) is 0 Å². The van der Waals surface area contributed by atoms with Gasteiger partial charge in [0.15, 0.2) is 0 Å². The van der Waals surface area contributed by atoms with Crippen molar-refractivity contribution >= 4 is 0 Å². The third kappa shape index (κ3) is 4.00. The number of furan rings is 1. The van der Waals surface area contributed by atoms with E-state index in [9.17, 15) is 0 Å². The predicted molar refractivity (Wildman–Crippen MR) is 63.5 cm³/mol. The molecule has 0 aliphatic heterocycles. The van der Waals surface area contributed by atoms with Crippen LogP contribution in [0.5, 0.6) is 0 Å². The highest BCUT2D eigenvalue weighted by atomic mass is 16.3. The van der Waals surface area contributed by atoms with Crippen LogP contribution in [0.4, 0.5) is 0 Å². The molecule has 1 aromatic heterocycles. The monoisotopic (exact) mass is 203 g/mol. The van der Waals surface area contributed by atoms with Gasteiger partial charge in [-0.05, 0) is 24.8 Å². The molecule has 1 aromatic rings. The molecular formula is C13H17NO. The second-order valence-corrected chi connectivity index (χ2v) is 3.43. The molecule has 2 nitrogen and oxygen atoms in total. The Labute approximate surface area is 91.2 Å². The Hall–Kier alpha value is -1.54. The molecule has 0 N–H and O–H groups in total. The summed E-state index contributed by atoms with van der Waals surface area (Å²) in [4.78, 5) is 2.16. The Bertz CT molecular complexity index is 335. The average Bonchev–Trinajstić information content (AvgIpc) is 2.69. The Balaban J connectivity index is 2.48. The molecule has 15 heavy (non-hydrogen) atoms. The van der Waals surface area contributed by atoms with E-state index in [1.165, 1.54) is 0 Å². The molecule has 0 fully saturated rings. The summed E-state index contributed by atoms with van der Waals surface area (Å²) in [6, 6.07) is 3.87. The zero-order valence-electron chi connectivity index (χ0n) is 9.15. The molecule has 0 aliphatic rings. The number of allylic oxidation sites excluding steroid dienone is 2. The van der Waals surface area contributed by atoms with E-state index in [1.807, 2.05) is 31.3 Å². The fourth-order valence-electron chi connectivity index (χ4n) is 1.37. The minimum atomic E-state index is 0.801. The zero-order chi connectivity index (χ0) is 11.1. The summed E-state index contributed by atoms with van der Waals surface area (Å²) in [6.07, 6.45) is 7.28. The van der Waals surface area contributed by atoms with Crippen LogP contribution in [0.25, 0.3) is 0 Å². The van der Waals surface area contributed by atoms with Crippen LogP contribution in [-0.2, 0) is 6.54 Å². The molecular weight excluding hydrogens is 186 g/mol. The molecule has 0 spiro atoms. The summed E-state index contributed by atoms with van der Waals surface area (Å²) in [7, 11) is 2.04. The molecule has 2 heteroatoms. The Morgan fingerprint density at radius 1 is 1.53 bits per heavy atom. The Morgan fingerprint density at radius 2 is 2.33 bits per heavy atom. The second kappa shape index (κ2) is 6.04. The molecule has 80 valence electrons. The second-order valence-electron chi connectivity index (χ2n) is 3.43. The van der Waals surface area contributed by atoms with Crippen LogP contribution >= 0.6 is 0 Å². The van der Waals surface area contributed by atoms with Crippen LogP contribution < -0.4 is 0 Å². The third-order valence-corrected chi connectivity index (χ3v) is 2.05. The molecule has 0 saturated carbocycles. The minimum absolute atomic E-state index is 0.801. The summed E-state index contributed by atoms with van der Waals surface area (Å²) in [6.45, 7) is 9.08. The zero-order valence-corrected chi connectivity index (χ0v) is 9.15. The summed E-state index contributed by atoms with van der Waals surface area (Å²) in [5.74, 6) is 0.972. The number of nitrogens with zero attached hydrogens (tertiary/aromatic N) is 1. The van der Waals surface area contributed by atoms with Gasteiger partial charge in [-0.15, -0.1) is 0 Å². The summed E-state index contributed by atoms with van der Waals surface area (Å²) in [5.41, 5.74) is 1.15. The number of likely N-dealkylation sites (N-methyl/N-ethyl adjacent to an activating group) is 1. The van der Waals surface area contributed by atoms with Crippen molar-refractivity contribution in [1.29, 1.82) is 0 Å². The van der Waals surface area contributed by atoms with Crippen LogP contribution in [-0.4, -0.2) is 18.5 Å². The van der Waals surface area contributed by atoms with Crippen molar-refractivity contribution in [2.24, 2.45) is 0 Å². The topological polar surface area (TPSA) is 16.4 Å². The Kier molecular flexibility index (Phi) is 4.64. The van der Waals surface area contributed by atoms with Gasteiger partial charge in [-0.1, -0.05) is 31.4 Å².